The van der Waals surface area contributed by atoms with Crippen LogP contribution in [0, 0.1) is 0 Å². The van der Waals surface area contributed by atoms with Crippen molar-refractivity contribution in [3.63, 3.8) is 0 Å². The van der Waals surface area contributed by atoms with Gasteiger partial charge in [-0.15, -0.1) is 11.6 Å². The fourth-order valence-corrected chi connectivity index (χ4v) is 8.69. The molecule has 21 N–H and O–H groups in total. The summed E-state index contributed by atoms with van der Waals surface area (Å²) in [5.74, 6) is -16.4. The molecule has 484 valence electrons. The molecule has 1 aliphatic rings. The number of rotatable bonds is 29. The number of carboxylic acid groups (broad SMARTS) is 1. The number of carbonyl (C=O) groups is 12. The van der Waals surface area contributed by atoms with E-state index in [1.165, 1.54) is 6.92 Å². The monoisotopic (exact) mass is 1230 g/mol. The third kappa shape index (κ3) is 28.9. The van der Waals surface area contributed by atoms with E-state index in [9.17, 15) is 83.1 Å². The maximum atomic E-state index is 14.3. The van der Waals surface area contributed by atoms with Crippen molar-refractivity contribution < 1.29 is 87.8 Å². The number of ether oxygens (including phenoxy) is 1. The van der Waals surface area contributed by atoms with Crippen LogP contribution in [0.25, 0.3) is 0 Å². The molecule has 0 aromatic carbocycles. The highest BCUT2D eigenvalue weighted by atomic mass is 35.5. The molecule has 1 fully saturated rings. The molecular formula is C53H92ClN13O18. The highest BCUT2D eigenvalue weighted by molar-refractivity contribution is 6.18. The number of alkyl halides is 1. The van der Waals surface area contributed by atoms with Crippen LogP contribution in [0.3, 0.4) is 0 Å². The van der Waals surface area contributed by atoms with E-state index in [4.69, 9.17) is 33.5 Å². The quantitative estimate of drug-likeness (QED) is 0.0144. The number of aliphatic hydroxyl groups excluding tert-OH is 4. The second-order valence-electron chi connectivity index (χ2n) is 20.4. The maximum absolute atomic E-state index is 14.3. The molecule has 1 saturated heterocycles. The van der Waals surface area contributed by atoms with Crippen LogP contribution in [0.2, 0.25) is 0 Å². The lowest BCUT2D eigenvalue weighted by molar-refractivity contribution is -0.155. The van der Waals surface area contributed by atoms with E-state index in [-0.39, 0.29) is 58.3 Å². The minimum absolute atomic E-state index is 0.0748. The normalized spacial score (nSPS) is 24.2. The van der Waals surface area contributed by atoms with Crippen molar-refractivity contribution in [2.45, 2.75) is 210 Å². The topological polar surface area (TPSA) is 514 Å². The van der Waals surface area contributed by atoms with Crippen LogP contribution in [0.15, 0.2) is 11.8 Å². The molecule has 32 heteroatoms. The number of nitrogens with one attached hydrogen (secondary N) is 10. The van der Waals surface area contributed by atoms with Crippen molar-refractivity contribution in [1.29, 1.82) is 0 Å². The molecule has 0 aromatic rings. The zero-order valence-electron chi connectivity index (χ0n) is 48.9. The number of carboxylic acids is 1. The SMILES string of the molecule is C/C=C1\NC(=O)[C@H]([C@H](C)O)NC(=O)[C@H](CCN)NC(=O)[C@H](CCCCN)NC(=O)[C@H](CC(=O)NCC)NC(=O)[C@@H](CCN)NC(=O)[C@@H](NC(=O)C[C@H](O)CCCCCCCCCCC)COC(=O)[C@H]([C@H](O)CCl)NC(=O)[C@H]([C@H](O)C(=O)O)NC1=O. The van der Waals surface area contributed by atoms with Gasteiger partial charge in [-0.1, -0.05) is 70.8 Å². The molecule has 0 radical (unpaired) electrons. The highest BCUT2D eigenvalue weighted by Crippen LogP contribution is 2.14. The van der Waals surface area contributed by atoms with Gasteiger partial charge in [-0.2, -0.15) is 0 Å². The summed E-state index contributed by atoms with van der Waals surface area (Å²) < 4.78 is 5.32. The van der Waals surface area contributed by atoms with Crippen LogP contribution < -0.4 is 70.4 Å². The van der Waals surface area contributed by atoms with Gasteiger partial charge in [0.05, 0.1) is 37.0 Å². The minimum atomic E-state index is -2.82. The summed E-state index contributed by atoms with van der Waals surface area (Å²) in [6, 6.07) is -15.4. The first-order valence-corrected chi connectivity index (χ1v) is 29.3. The summed E-state index contributed by atoms with van der Waals surface area (Å²) in [4.78, 5) is 165. The van der Waals surface area contributed by atoms with Gasteiger partial charge in [-0.25, -0.2) is 9.59 Å². The van der Waals surface area contributed by atoms with Crippen molar-refractivity contribution in [2.75, 3.05) is 38.7 Å². The van der Waals surface area contributed by atoms with E-state index in [1.807, 2.05) is 10.6 Å². The van der Waals surface area contributed by atoms with Crippen molar-refractivity contribution in [3.8, 4) is 0 Å². The number of carbonyl (C=O) groups excluding carboxylic acids is 11. The smallest absolute Gasteiger partial charge is 0.335 e. The maximum Gasteiger partial charge on any atom is 0.335 e. The number of nitrogens with two attached hydrogens (primary N) is 3. The molecule has 85 heavy (non-hydrogen) atoms. The summed E-state index contributed by atoms with van der Waals surface area (Å²) in [5, 5.41) is 75.5. The van der Waals surface area contributed by atoms with Crippen LogP contribution in [-0.4, -0.2) is 208 Å². The van der Waals surface area contributed by atoms with E-state index < -0.39 is 175 Å². The number of unbranched alkanes of at least 4 members (excludes halogenated alkanes) is 9. The summed E-state index contributed by atoms with van der Waals surface area (Å²) in [6.45, 7) is 4.41. The zero-order valence-corrected chi connectivity index (χ0v) is 49.7. The van der Waals surface area contributed by atoms with Gasteiger partial charge in [-0.05, 0) is 78.9 Å². The van der Waals surface area contributed by atoms with Crippen molar-refractivity contribution in [1.82, 2.24) is 53.2 Å². The number of aliphatic hydroxyl groups is 4. The summed E-state index contributed by atoms with van der Waals surface area (Å²) >= 11 is 5.88. The average Bonchev–Trinajstić information content (AvgIpc) is 3.64. The summed E-state index contributed by atoms with van der Waals surface area (Å²) in [7, 11) is 0. The number of aliphatic carboxylic acids is 1. The van der Waals surface area contributed by atoms with Crippen LogP contribution in [0.4, 0.5) is 0 Å². The third-order valence-electron chi connectivity index (χ3n) is 13.3. The number of allylic oxidation sites excluding steroid dienone is 1. The largest absolute Gasteiger partial charge is 0.479 e. The Hall–Kier alpha value is -6.61. The Balaban J connectivity index is 4.06. The fourth-order valence-electron chi connectivity index (χ4n) is 8.51. The predicted molar refractivity (Wildman–Crippen MR) is 306 cm³/mol. The Bertz CT molecular complexity index is 2230. The molecule has 0 unspecified atom stereocenters. The number of amides is 10. The lowest BCUT2D eigenvalue weighted by Gasteiger charge is -2.29. The van der Waals surface area contributed by atoms with Crippen molar-refractivity contribution in [2.24, 2.45) is 17.2 Å². The second kappa shape index (κ2) is 42.2. The Morgan fingerprint density at radius 3 is 1.66 bits per heavy atom. The number of esters is 1. The van der Waals surface area contributed by atoms with Crippen LogP contribution in [-0.2, 0) is 62.3 Å². The van der Waals surface area contributed by atoms with Gasteiger partial charge >= 0.3 is 11.9 Å². The van der Waals surface area contributed by atoms with Gasteiger partial charge in [0, 0.05) is 6.54 Å². The van der Waals surface area contributed by atoms with Gasteiger partial charge in [0.15, 0.2) is 12.1 Å². The number of hydrogen-bond acceptors (Lipinski definition) is 20. The number of halogens is 1. The van der Waals surface area contributed by atoms with Gasteiger partial charge < -0.3 is 101 Å². The first-order valence-electron chi connectivity index (χ1n) is 28.8. The molecule has 1 rings (SSSR count). The molecule has 1 aliphatic heterocycles. The van der Waals surface area contributed by atoms with Crippen molar-refractivity contribution >= 4 is 82.6 Å². The lowest BCUT2D eigenvalue weighted by Crippen LogP contribution is -2.62. The Kier molecular flexibility index (Phi) is 38.0. The molecule has 0 spiro atoms. The Morgan fingerprint density at radius 1 is 0.624 bits per heavy atom. The highest BCUT2D eigenvalue weighted by Gasteiger charge is 2.41. The van der Waals surface area contributed by atoms with Gasteiger partial charge in [0.25, 0.3) is 5.91 Å². The molecule has 1 heterocycles. The van der Waals surface area contributed by atoms with Gasteiger partial charge in [-0.3, -0.25) is 47.9 Å². The predicted octanol–water partition coefficient (Wildman–Crippen LogP) is -5.11. The summed E-state index contributed by atoms with van der Waals surface area (Å²) in [6.07, 6.45) is 0.376. The van der Waals surface area contributed by atoms with E-state index in [0.717, 1.165) is 64.4 Å². The first kappa shape index (κ1) is 76.4. The second-order valence-corrected chi connectivity index (χ2v) is 20.7. The minimum Gasteiger partial charge on any atom is -0.479 e. The summed E-state index contributed by atoms with van der Waals surface area (Å²) in [5.41, 5.74) is 16.6. The molecular weight excluding hydrogens is 1140 g/mol. The molecule has 31 nitrogen and oxygen atoms in total. The molecule has 12 atom stereocenters. The molecule has 10 amide bonds. The molecule has 0 bridgehead atoms. The van der Waals surface area contributed by atoms with Gasteiger partial charge in [0.1, 0.15) is 54.6 Å². The van der Waals surface area contributed by atoms with Crippen LogP contribution >= 0.6 is 11.6 Å². The van der Waals surface area contributed by atoms with Crippen LogP contribution in [0.1, 0.15) is 137 Å². The van der Waals surface area contributed by atoms with Crippen molar-refractivity contribution in [3.05, 3.63) is 11.8 Å². The molecule has 0 aliphatic carbocycles. The molecule has 0 aromatic heterocycles. The lowest BCUT2D eigenvalue weighted by atomic mass is 10.0. The van der Waals surface area contributed by atoms with E-state index >= 15 is 0 Å². The van der Waals surface area contributed by atoms with Gasteiger partial charge in [0.2, 0.25) is 53.2 Å². The Labute approximate surface area is 499 Å². The fraction of sp³-hybridized carbons (Fsp3) is 0.736. The van der Waals surface area contributed by atoms with E-state index in [1.54, 1.807) is 6.92 Å². The van der Waals surface area contributed by atoms with Crippen LogP contribution in [0.5, 0.6) is 0 Å². The number of hydrogen-bond donors (Lipinski definition) is 18. The Morgan fingerprint density at radius 2 is 1.14 bits per heavy atom. The standard InChI is InChI=1S/C53H92ClN13O18/c1-5-8-9-10-11-12-13-14-15-18-30(69)25-39(72)59-36-28-85-53(84)41(37(70)27-54)66-51(81)42(43(73)52(82)83)67-44(74)31(6-2)60-50(80)40(29(4)68)65-47(77)34(21-24-57)62-45(75)32(19-16-17-22-55)61-48(78)35(26-38(71)58-7-3)64-46(76)33(20-23-56)63-49(36)79/h6,29-30,32-37,40-43,68-70,73H,5,7-28,55-57H2,1-4H3,(H,58,71)(H,59,72)(H,60,80)(H,61,78)(H,62,75)(H,63,79)(H,64,76)(H,65,77)(H,66,81)(H,67,74)(H,82,83)/b31-6-/t29-,30+,32-,33+,34-,35-,36-,37+,40-,41-,42-,43-/m0/s1. The zero-order chi connectivity index (χ0) is 64.2. The first-order chi connectivity index (χ1) is 40.3. The average molecular weight is 1230 g/mol. The van der Waals surface area contributed by atoms with E-state index in [2.05, 4.69) is 49.5 Å². The molecule has 0 saturated carbocycles. The third-order valence-corrected chi connectivity index (χ3v) is 13.7. The number of cyclic esters (lactones) is 1. The van der Waals surface area contributed by atoms with E-state index in [0.29, 0.717) is 12.8 Å².